The van der Waals surface area contributed by atoms with E-state index in [-0.39, 0.29) is 11.6 Å². The fraction of sp³-hybridized carbons (Fsp3) is 0.333. The van der Waals surface area contributed by atoms with Gasteiger partial charge in [-0.1, -0.05) is 13.8 Å². The Hall–Kier alpha value is -1.98. The molecule has 1 aromatic carbocycles. The lowest BCUT2D eigenvalue weighted by atomic mass is 10.2. The van der Waals surface area contributed by atoms with E-state index in [2.05, 4.69) is 5.32 Å². The van der Waals surface area contributed by atoms with Crippen molar-refractivity contribution in [3.63, 3.8) is 0 Å². The highest BCUT2D eigenvalue weighted by Crippen LogP contribution is 2.14. The van der Waals surface area contributed by atoms with Gasteiger partial charge in [0, 0.05) is 12.6 Å². The number of anilines is 1. The van der Waals surface area contributed by atoms with E-state index in [4.69, 9.17) is 0 Å². The van der Waals surface area contributed by atoms with E-state index in [1.807, 2.05) is 19.2 Å². The maximum Gasteiger partial charge on any atom is 0.313 e. The molecule has 0 aliphatic rings. The van der Waals surface area contributed by atoms with E-state index in [1.165, 1.54) is 0 Å². The van der Waals surface area contributed by atoms with Crippen LogP contribution in [0.1, 0.15) is 13.8 Å². The molecular weight excluding hydrogens is 242 g/mol. The second-order valence-electron chi connectivity index (χ2n) is 4.18. The number of amides is 2. The van der Waals surface area contributed by atoms with Gasteiger partial charge in [0.25, 0.3) is 0 Å². The molecule has 2 amide bonds. The van der Waals surface area contributed by atoms with Crippen LogP contribution in [-0.4, -0.2) is 18.4 Å². The molecule has 1 aromatic rings. The van der Waals surface area contributed by atoms with E-state index in [0.717, 1.165) is 18.2 Å². The lowest BCUT2D eigenvalue weighted by Gasteiger charge is -2.08. The van der Waals surface area contributed by atoms with Crippen molar-refractivity contribution >= 4 is 17.5 Å². The van der Waals surface area contributed by atoms with Crippen molar-refractivity contribution in [1.82, 2.24) is 5.32 Å². The number of hydrogen-bond donors (Lipinski definition) is 2. The Morgan fingerprint density at radius 3 is 2.50 bits per heavy atom. The molecule has 0 radical (unpaired) electrons. The summed E-state index contributed by atoms with van der Waals surface area (Å²) in [6.07, 6.45) is 0. The van der Waals surface area contributed by atoms with Gasteiger partial charge in [-0.15, -0.1) is 0 Å². The van der Waals surface area contributed by atoms with Gasteiger partial charge in [0.15, 0.2) is 0 Å². The fourth-order valence-electron chi connectivity index (χ4n) is 1.15. The van der Waals surface area contributed by atoms with Crippen LogP contribution in [-0.2, 0) is 9.59 Å². The minimum atomic E-state index is -1.03. The van der Waals surface area contributed by atoms with Gasteiger partial charge in [-0.2, -0.15) is 0 Å². The molecule has 0 aliphatic heterocycles. The second-order valence-corrected chi connectivity index (χ2v) is 4.18. The summed E-state index contributed by atoms with van der Waals surface area (Å²) in [6, 6.07) is 2.60. The first-order chi connectivity index (χ1) is 8.40. The average molecular weight is 256 g/mol. The first-order valence-electron chi connectivity index (χ1n) is 5.44. The lowest BCUT2D eigenvalue weighted by Crippen LogP contribution is -2.37. The Bertz CT molecular complexity index is 461. The van der Waals surface area contributed by atoms with Crippen molar-refractivity contribution < 1.29 is 18.4 Å². The van der Waals surface area contributed by atoms with Crippen LogP contribution in [0, 0.1) is 17.6 Å². The molecular formula is C12H14F2N2O2. The molecule has 0 atom stereocenters. The molecule has 0 saturated carbocycles. The zero-order chi connectivity index (χ0) is 13.7. The summed E-state index contributed by atoms with van der Waals surface area (Å²) >= 11 is 0. The van der Waals surface area contributed by atoms with Gasteiger partial charge >= 0.3 is 11.8 Å². The number of carbonyl (C=O) groups excluding carboxylic acids is 2. The van der Waals surface area contributed by atoms with Crippen molar-refractivity contribution in [3.05, 3.63) is 29.8 Å². The fourth-order valence-corrected chi connectivity index (χ4v) is 1.15. The molecule has 0 heterocycles. The minimum Gasteiger partial charge on any atom is -0.348 e. The van der Waals surface area contributed by atoms with Crippen LogP contribution in [0.2, 0.25) is 0 Å². The van der Waals surface area contributed by atoms with Gasteiger partial charge in [0.05, 0.1) is 5.69 Å². The van der Waals surface area contributed by atoms with Crippen LogP contribution in [0.25, 0.3) is 0 Å². The van der Waals surface area contributed by atoms with Crippen molar-refractivity contribution in [3.8, 4) is 0 Å². The highest BCUT2D eigenvalue weighted by molar-refractivity contribution is 6.39. The van der Waals surface area contributed by atoms with Gasteiger partial charge in [-0.3, -0.25) is 9.59 Å². The maximum atomic E-state index is 13.2. The van der Waals surface area contributed by atoms with Crippen molar-refractivity contribution in [2.24, 2.45) is 5.92 Å². The number of rotatable bonds is 3. The van der Waals surface area contributed by atoms with Crippen LogP contribution >= 0.6 is 0 Å². The molecule has 0 aromatic heterocycles. The van der Waals surface area contributed by atoms with Gasteiger partial charge in [0.1, 0.15) is 11.6 Å². The van der Waals surface area contributed by atoms with Crippen LogP contribution in [0.5, 0.6) is 0 Å². The van der Waals surface area contributed by atoms with Crippen molar-refractivity contribution in [2.45, 2.75) is 13.8 Å². The Morgan fingerprint density at radius 2 is 1.89 bits per heavy atom. The quantitative estimate of drug-likeness (QED) is 0.808. The molecule has 2 N–H and O–H groups in total. The normalized spacial score (nSPS) is 10.3. The monoisotopic (exact) mass is 256 g/mol. The van der Waals surface area contributed by atoms with Crippen molar-refractivity contribution in [1.29, 1.82) is 0 Å². The number of halogens is 2. The average Bonchev–Trinajstić information content (AvgIpc) is 2.30. The van der Waals surface area contributed by atoms with Gasteiger partial charge in [-0.25, -0.2) is 8.78 Å². The maximum absolute atomic E-state index is 13.2. The Labute approximate surface area is 103 Å². The number of hydrogen-bond acceptors (Lipinski definition) is 2. The van der Waals surface area contributed by atoms with Crippen LogP contribution < -0.4 is 10.6 Å². The van der Waals surface area contributed by atoms with Gasteiger partial charge < -0.3 is 10.6 Å². The number of carbonyl (C=O) groups is 2. The number of nitrogens with one attached hydrogen (secondary N) is 2. The summed E-state index contributed by atoms with van der Waals surface area (Å²) in [5, 5.41) is 4.38. The van der Waals surface area contributed by atoms with E-state index in [9.17, 15) is 18.4 Å². The molecule has 0 fully saturated rings. The first kappa shape index (κ1) is 14.1. The Kier molecular flexibility index (Phi) is 4.76. The molecule has 1 rings (SSSR count). The summed E-state index contributed by atoms with van der Waals surface area (Å²) in [5.41, 5.74) is -0.361. The van der Waals surface area contributed by atoms with E-state index >= 15 is 0 Å². The Balaban J connectivity index is 2.64. The zero-order valence-electron chi connectivity index (χ0n) is 10.1. The molecule has 0 bridgehead atoms. The second kappa shape index (κ2) is 6.09. The molecule has 0 spiro atoms. The smallest absolute Gasteiger partial charge is 0.313 e. The van der Waals surface area contributed by atoms with Crippen LogP contribution in [0.3, 0.4) is 0 Å². The molecule has 0 unspecified atom stereocenters. The molecule has 18 heavy (non-hydrogen) atoms. The summed E-state index contributed by atoms with van der Waals surface area (Å²) in [6.45, 7) is 4.06. The third-order valence-electron chi connectivity index (χ3n) is 2.05. The Morgan fingerprint density at radius 1 is 1.22 bits per heavy atom. The third-order valence-corrected chi connectivity index (χ3v) is 2.05. The zero-order valence-corrected chi connectivity index (χ0v) is 10.1. The summed E-state index contributed by atoms with van der Waals surface area (Å²) in [7, 11) is 0. The minimum absolute atomic E-state index is 0.188. The summed E-state index contributed by atoms with van der Waals surface area (Å²) < 4.78 is 26.0. The number of benzene rings is 1. The molecule has 98 valence electrons. The molecule has 6 heteroatoms. The molecule has 4 nitrogen and oxygen atoms in total. The van der Waals surface area contributed by atoms with Crippen molar-refractivity contribution in [2.75, 3.05) is 11.9 Å². The van der Waals surface area contributed by atoms with E-state index in [1.54, 1.807) is 0 Å². The highest BCUT2D eigenvalue weighted by atomic mass is 19.1. The lowest BCUT2D eigenvalue weighted by molar-refractivity contribution is -0.136. The highest BCUT2D eigenvalue weighted by Gasteiger charge is 2.15. The van der Waals surface area contributed by atoms with Crippen LogP contribution in [0.4, 0.5) is 14.5 Å². The topological polar surface area (TPSA) is 58.2 Å². The predicted octanol–water partition coefficient (Wildman–Crippen LogP) is 1.68. The first-order valence-corrected chi connectivity index (χ1v) is 5.44. The van der Waals surface area contributed by atoms with E-state index in [0.29, 0.717) is 6.54 Å². The SMILES string of the molecule is CC(C)CNC(=O)C(=O)Nc1cc(F)ccc1F. The van der Waals surface area contributed by atoms with Gasteiger partial charge in [0.2, 0.25) is 0 Å². The molecule has 0 aliphatic carbocycles. The van der Waals surface area contributed by atoms with E-state index < -0.39 is 23.4 Å². The summed E-state index contributed by atoms with van der Waals surface area (Å²) in [5.74, 6) is -3.23. The largest absolute Gasteiger partial charge is 0.348 e. The van der Waals surface area contributed by atoms with Crippen LogP contribution in [0.15, 0.2) is 18.2 Å². The predicted molar refractivity (Wildman–Crippen MR) is 62.8 cm³/mol. The standard InChI is InChI=1S/C12H14F2N2O2/c1-7(2)6-15-11(17)12(18)16-10-5-8(13)3-4-9(10)14/h3-5,7H,6H2,1-2H3,(H,15,17)(H,16,18). The third kappa shape index (κ3) is 4.12. The summed E-state index contributed by atoms with van der Waals surface area (Å²) in [4.78, 5) is 22.7. The van der Waals surface area contributed by atoms with Gasteiger partial charge in [-0.05, 0) is 18.1 Å². The molecule has 0 saturated heterocycles.